The van der Waals surface area contributed by atoms with Gasteiger partial charge < -0.3 is 9.88 Å². The number of para-hydroxylation sites is 1. The lowest BCUT2D eigenvalue weighted by atomic mass is 10.2. The van der Waals surface area contributed by atoms with Gasteiger partial charge in [0, 0.05) is 23.7 Å². The molecule has 1 aromatic carbocycles. The summed E-state index contributed by atoms with van der Waals surface area (Å²) in [5.74, 6) is 2.04. The van der Waals surface area contributed by atoms with Crippen molar-refractivity contribution in [1.29, 1.82) is 0 Å². The molecule has 0 radical (unpaired) electrons. The Bertz CT molecular complexity index is 507. The Balaban J connectivity index is 2.25. The van der Waals surface area contributed by atoms with Crippen LogP contribution in [0.1, 0.15) is 25.1 Å². The van der Waals surface area contributed by atoms with Crippen molar-refractivity contribution >= 4 is 23.4 Å². The Labute approximate surface area is 119 Å². The highest BCUT2D eigenvalue weighted by molar-refractivity contribution is 7.98. The van der Waals surface area contributed by atoms with Gasteiger partial charge in [0.15, 0.2) is 0 Å². The Morgan fingerprint density at radius 3 is 2.68 bits per heavy atom. The van der Waals surface area contributed by atoms with Crippen LogP contribution in [0, 0.1) is 6.92 Å². The van der Waals surface area contributed by atoms with E-state index in [1.165, 1.54) is 0 Å². The fraction of sp³-hybridized carbons (Fsp3) is 0.400. The number of aryl methyl sites for hydroxylation is 1. The summed E-state index contributed by atoms with van der Waals surface area (Å²) in [5.41, 5.74) is 2.13. The minimum Gasteiger partial charge on any atom is -0.326 e. The van der Waals surface area contributed by atoms with E-state index in [1.54, 1.807) is 0 Å². The van der Waals surface area contributed by atoms with Crippen LogP contribution in [-0.2, 0) is 0 Å². The molecule has 19 heavy (non-hydrogen) atoms. The van der Waals surface area contributed by atoms with Gasteiger partial charge in [0.2, 0.25) is 5.95 Å². The number of thioether (sulfide) groups is 1. The molecule has 0 saturated heterocycles. The zero-order valence-electron chi connectivity index (χ0n) is 11.8. The molecule has 0 bridgehead atoms. The summed E-state index contributed by atoms with van der Waals surface area (Å²) >= 11 is 1.88. The van der Waals surface area contributed by atoms with E-state index in [9.17, 15) is 0 Å². The van der Waals surface area contributed by atoms with Crippen molar-refractivity contribution in [2.45, 2.75) is 26.3 Å². The second-order valence-corrected chi connectivity index (χ2v) is 5.53. The summed E-state index contributed by atoms with van der Waals surface area (Å²) in [4.78, 5) is 4.60. The van der Waals surface area contributed by atoms with Crippen LogP contribution >= 0.6 is 11.8 Å². The van der Waals surface area contributed by atoms with Crippen molar-refractivity contribution in [2.24, 2.45) is 0 Å². The van der Waals surface area contributed by atoms with Crippen LogP contribution in [0.2, 0.25) is 0 Å². The van der Waals surface area contributed by atoms with Gasteiger partial charge in [-0.1, -0.05) is 25.1 Å². The molecule has 2 aromatic rings. The van der Waals surface area contributed by atoms with Crippen LogP contribution in [0.4, 0.5) is 11.6 Å². The number of aromatic nitrogens is 2. The maximum absolute atomic E-state index is 4.60. The molecule has 1 N–H and O–H groups in total. The number of nitrogens with one attached hydrogen (secondary N) is 1. The molecule has 0 aliphatic carbocycles. The SMILES string of the molecule is CCC(CSC)n1cc(C)nc1Nc1ccccc1. The molecule has 3 nitrogen and oxygen atoms in total. The molecule has 0 saturated carbocycles. The van der Waals surface area contributed by atoms with Gasteiger partial charge in [-0.05, 0) is 31.7 Å². The minimum absolute atomic E-state index is 0.488. The molecule has 102 valence electrons. The van der Waals surface area contributed by atoms with Crippen LogP contribution in [-0.4, -0.2) is 21.6 Å². The molecule has 0 aliphatic heterocycles. The number of hydrogen-bond donors (Lipinski definition) is 1. The smallest absolute Gasteiger partial charge is 0.207 e. The summed E-state index contributed by atoms with van der Waals surface area (Å²) < 4.78 is 2.26. The molecular formula is C15H21N3S. The van der Waals surface area contributed by atoms with Gasteiger partial charge in [-0.2, -0.15) is 11.8 Å². The zero-order chi connectivity index (χ0) is 13.7. The summed E-state index contributed by atoms with van der Waals surface area (Å²) in [6.45, 7) is 4.26. The van der Waals surface area contributed by atoms with E-state index >= 15 is 0 Å². The molecule has 0 fully saturated rings. The lowest BCUT2D eigenvalue weighted by Gasteiger charge is -2.18. The van der Waals surface area contributed by atoms with Crippen molar-refractivity contribution in [3.8, 4) is 0 Å². The lowest BCUT2D eigenvalue weighted by molar-refractivity contribution is 0.545. The molecule has 1 unspecified atom stereocenters. The molecule has 0 spiro atoms. The molecule has 1 heterocycles. The van der Waals surface area contributed by atoms with E-state index in [0.717, 1.165) is 29.5 Å². The Morgan fingerprint density at radius 1 is 1.32 bits per heavy atom. The average molecular weight is 275 g/mol. The van der Waals surface area contributed by atoms with Crippen molar-refractivity contribution < 1.29 is 0 Å². The van der Waals surface area contributed by atoms with Gasteiger partial charge in [0.1, 0.15) is 0 Å². The number of rotatable bonds is 6. The third-order valence-electron chi connectivity index (χ3n) is 3.11. The zero-order valence-corrected chi connectivity index (χ0v) is 12.6. The second kappa shape index (κ2) is 6.66. The predicted molar refractivity (Wildman–Crippen MR) is 84.4 cm³/mol. The van der Waals surface area contributed by atoms with E-state index in [4.69, 9.17) is 0 Å². The van der Waals surface area contributed by atoms with E-state index in [2.05, 4.69) is 46.4 Å². The van der Waals surface area contributed by atoms with Crippen LogP contribution in [0.3, 0.4) is 0 Å². The molecule has 0 aliphatic rings. The Hall–Kier alpha value is -1.42. The number of benzene rings is 1. The van der Waals surface area contributed by atoms with Crippen LogP contribution in [0.15, 0.2) is 36.5 Å². The van der Waals surface area contributed by atoms with Crippen molar-refractivity contribution in [2.75, 3.05) is 17.3 Å². The topological polar surface area (TPSA) is 29.9 Å². The molecule has 1 aromatic heterocycles. The third kappa shape index (κ3) is 3.53. The Morgan fingerprint density at radius 2 is 2.05 bits per heavy atom. The number of imidazole rings is 1. The van der Waals surface area contributed by atoms with E-state index < -0.39 is 0 Å². The number of anilines is 2. The summed E-state index contributed by atoms with van der Waals surface area (Å²) in [6.07, 6.45) is 5.40. The lowest BCUT2D eigenvalue weighted by Crippen LogP contribution is -2.12. The molecule has 4 heteroatoms. The molecule has 2 rings (SSSR count). The maximum atomic E-state index is 4.60. The standard InChI is InChI=1S/C15H21N3S/c1-4-14(11-19-3)18-10-12(2)16-15(18)17-13-8-6-5-7-9-13/h5-10,14H,4,11H2,1-3H3,(H,16,17). The summed E-state index contributed by atoms with van der Waals surface area (Å²) in [6, 6.07) is 10.7. The van der Waals surface area contributed by atoms with Gasteiger partial charge in [-0.25, -0.2) is 4.98 Å². The third-order valence-corrected chi connectivity index (χ3v) is 3.82. The van der Waals surface area contributed by atoms with Crippen molar-refractivity contribution in [3.63, 3.8) is 0 Å². The van der Waals surface area contributed by atoms with Crippen LogP contribution in [0.25, 0.3) is 0 Å². The van der Waals surface area contributed by atoms with E-state index in [0.29, 0.717) is 6.04 Å². The van der Waals surface area contributed by atoms with Crippen LogP contribution < -0.4 is 5.32 Å². The fourth-order valence-corrected chi connectivity index (χ4v) is 2.91. The van der Waals surface area contributed by atoms with Gasteiger partial charge in [-0.15, -0.1) is 0 Å². The minimum atomic E-state index is 0.488. The second-order valence-electron chi connectivity index (χ2n) is 4.62. The monoisotopic (exact) mass is 275 g/mol. The highest BCUT2D eigenvalue weighted by Crippen LogP contribution is 2.24. The molecule has 1 atom stereocenters. The first kappa shape index (κ1) is 14.0. The highest BCUT2D eigenvalue weighted by Gasteiger charge is 2.14. The first-order chi connectivity index (χ1) is 9.24. The van der Waals surface area contributed by atoms with E-state index in [-0.39, 0.29) is 0 Å². The Kier molecular flexibility index (Phi) is 4.91. The van der Waals surface area contributed by atoms with Gasteiger partial charge in [-0.3, -0.25) is 0 Å². The van der Waals surface area contributed by atoms with Crippen molar-refractivity contribution in [1.82, 2.24) is 9.55 Å². The van der Waals surface area contributed by atoms with Gasteiger partial charge in [0.25, 0.3) is 0 Å². The largest absolute Gasteiger partial charge is 0.326 e. The summed E-state index contributed by atoms with van der Waals surface area (Å²) in [5, 5.41) is 3.41. The first-order valence-corrected chi connectivity index (χ1v) is 8.00. The maximum Gasteiger partial charge on any atom is 0.207 e. The average Bonchev–Trinajstić information content (AvgIpc) is 2.78. The number of hydrogen-bond acceptors (Lipinski definition) is 3. The highest BCUT2D eigenvalue weighted by atomic mass is 32.2. The number of nitrogens with zero attached hydrogens (tertiary/aromatic N) is 2. The normalized spacial score (nSPS) is 12.4. The van der Waals surface area contributed by atoms with Crippen molar-refractivity contribution in [3.05, 3.63) is 42.2 Å². The summed E-state index contributed by atoms with van der Waals surface area (Å²) in [7, 11) is 0. The molecular weight excluding hydrogens is 254 g/mol. The fourth-order valence-electron chi connectivity index (χ4n) is 2.12. The quantitative estimate of drug-likeness (QED) is 0.854. The molecule has 0 amide bonds. The van der Waals surface area contributed by atoms with E-state index in [1.807, 2.05) is 36.9 Å². The predicted octanol–water partition coefficient (Wildman–Crippen LogP) is 4.25. The van der Waals surface area contributed by atoms with Crippen LogP contribution in [0.5, 0.6) is 0 Å². The van der Waals surface area contributed by atoms with Gasteiger partial charge >= 0.3 is 0 Å². The van der Waals surface area contributed by atoms with Gasteiger partial charge in [0.05, 0.1) is 5.69 Å². The first-order valence-electron chi connectivity index (χ1n) is 6.61.